The van der Waals surface area contributed by atoms with Gasteiger partial charge in [-0.05, 0) is 95.7 Å². The molecular weight excluding hydrogens is 765 g/mol. The highest BCUT2D eigenvalue weighted by Gasteiger charge is 2.24. The van der Waals surface area contributed by atoms with Crippen LogP contribution in [0.4, 0.5) is 0 Å². The van der Waals surface area contributed by atoms with Gasteiger partial charge in [0.1, 0.15) is 27.9 Å². The topological polar surface area (TPSA) is 83.0 Å². The predicted molar refractivity (Wildman–Crippen MR) is 250 cm³/mol. The number of nitrogens with zero attached hydrogens (tertiary/aromatic N) is 4. The number of fused-ring (bicyclic) bond motifs is 13. The second-order valence-electron chi connectivity index (χ2n) is 15.9. The van der Waals surface area contributed by atoms with E-state index in [0.717, 1.165) is 99.2 Å². The van der Waals surface area contributed by atoms with Gasteiger partial charge in [0, 0.05) is 59.8 Å². The Labute approximate surface area is 351 Å². The Kier molecular flexibility index (Phi) is 6.71. The van der Waals surface area contributed by atoms with E-state index in [1.807, 2.05) is 72.8 Å². The van der Waals surface area contributed by atoms with E-state index in [9.17, 15) is 0 Å². The van der Waals surface area contributed by atoms with Crippen molar-refractivity contribution in [3.05, 3.63) is 182 Å². The third kappa shape index (κ3) is 4.78. The second kappa shape index (κ2) is 12.5. The SMILES string of the molecule is c1ccc2cc3c(cc2c1)c1ccccc1n3-c1ccc(-c2nc(-c3ccc4oc5ccccc5c4c3)nc(-c3ccc4oc5ccccc5c4c3)n2)c2c1oc1ccccc12. The van der Waals surface area contributed by atoms with Crippen LogP contribution in [0.25, 0.3) is 138 Å². The summed E-state index contributed by atoms with van der Waals surface area (Å²) < 4.78 is 21.7. The Balaban J connectivity index is 1.05. The van der Waals surface area contributed by atoms with Crippen LogP contribution in [0.1, 0.15) is 0 Å². The van der Waals surface area contributed by atoms with Crippen LogP contribution >= 0.6 is 0 Å². The molecule has 0 spiro atoms. The first kappa shape index (κ1) is 33.3. The largest absolute Gasteiger partial charge is 0.456 e. The quantitative estimate of drug-likeness (QED) is 0.176. The number of hydrogen-bond acceptors (Lipinski definition) is 6. The summed E-state index contributed by atoms with van der Waals surface area (Å²) in [6.45, 7) is 0. The first-order valence-electron chi connectivity index (χ1n) is 20.7. The maximum absolute atomic E-state index is 6.93. The molecule has 0 unspecified atom stereocenters. The maximum atomic E-state index is 6.93. The Morgan fingerprint density at radius 2 is 0.855 bits per heavy atom. The van der Waals surface area contributed by atoms with Crippen LogP contribution in [0, 0.1) is 0 Å². The number of rotatable bonds is 4. The Morgan fingerprint density at radius 1 is 0.339 bits per heavy atom. The molecule has 0 N–H and O–H groups in total. The zero-order valence-corrected chi connectivity index (χ0v) is 32.8. The molecule has 288 valence electrons. The normalized spacial score (nSPS) is 12.2. The average molecular weight is 795 g/mol. The van der Waals surface area contributed by atoms with E-state index < -0.39 is 0 Å². The van der Waals surface area contributed by atoms with Crippen molar-refractivity contribution in [1.82, 2.24) is 19.5 Å². The van der Waals surface area contributed by atoms with Crippen LogP contribution in [0.3, 0.4) is 0 Å². The minimum atomic E-state index is 0.538. The summed E-state index contributed by atoms with van der Waals surface area (Å²) in [6.07, 6.45) is 0. The monoisotopic (exact) mass is 794 g/mol. The van der Waals surface area contributed by atoms with Gasteiger partial charge >= 0.3 is 0 Å². The fraction of sp³-hybridized carbons (Fsp3) is 0. The molecule has 7 nitrogen and oxygen atoms in total. The Bertz CT molecular complexity index is 4060. The smallest absolute Gasteiger partial charge is 0.164 e. The highest BCUT2D eigenvalue weighted by molar-refractivity contribution is 6.18. The van der Waals surface area contributed by atoms with Gasteiger partial charge in [0.2, 0.25) is 0 Å². The number of benzene rings is 9. The van der Waals surface area contributed by atoms with Crippen molar-refractivity contribution in [2.24, 2.45) is 0 Å². The molecule has 0 fully saturated rings. The minimum absolute atomic E-state index is 0.538. The number of furan rings is 3. The lowest BCUT2D eigenvalue weighted by Crippen LogP contribution is -2.01. The maximum Gasteiger partial charge on any atom is 0.164 e. The summed E-state index contributed by atoms with van der Waals surface area (Å²) in [5, 5.41) is 10.7. The van der Waals surface area contributed by atoms with E-state index in [2.05, 4.69) is 114 Å². The molecule has 14 rings (SSSR count). The van der Waals surface area contributed by atoms with Gasteiger partial charge in [-0.15, -0.1) is 0 Å². The fourth-order valence-electron chi connectivity index (χ4n) is 9.58. The number of para-hydroxylation sites is 4. The second-order valence-corrected chi connectivity index (χ2v) is 15.9. The van der Waals surface area contributed by atoms with Gasteiger partial charge in [-0.1, -0.05) is 97.1 Å². The molecule has 0 aliphatic heterocycles. The lowest BCUT2D eigenvalue weighted by atomic mass is 10.0. The molecule has 5 heterocycles. The zero-order chi connectivity index (χ0) is 40.5. The molecule has 0 aliphatic carbocycles. The van der Waals surface area contributed by atoms with E-state index in [4.69, 9.17) is 28.2 Å². The molecule has 5 aromatic heterocycles. The standard InChI is InChI=1S/C55H30N4O3/c1-2-12-32-30-45-40(27-31(32)11-1)35-13-3-7-17-43(35)59(45)44-24-23-39(51-38-16-6-10-20-48(38)62-52(44)51)55-57-53(33-21-25-49-41(28-33)36-14-4-8-18-46(36)60-49)56-54(58-55)34-22-26-50-42(29-34)37-15-5-9-19-47(37)61-50/h1-30H. The van der Waals surface area contributed by atoms with Gasteiger partial charge in [-0.3, -0.25) is 0 Å². The molecule has 7 heteroatoms. The van der Waals surface area contributed by atoms with Crippen molar-refractivity contribution in [3.63, 3.8) is 0 Å². The van der Waals surface area contributed by atoms with Gasteiger partial charge in [-0.25, -0.2) is 15.0 Å². The van der Waals surface area contributed by atoms with Gasteiger partial charge < -0.3 is 17.8 Å². The molecule has 0 aliphatic rings. The molecule has 0 bridgehead atoms. The van der Waals surface area contributed by atoms with Crippen LogP contribution in [-0.2, 0) is 0 Å². The van der Waals surface area contributed by atoms with Crippen molar-refractivity contribution >= 4 is 98.4 Å². The predicted octanol–water partition coefficient (Wildman–Crippen LogP) is 14.8. The summed E-state index contributed by atoms with van der Waals surface area (Å²) in [6, 6.07) is 62.7. The molecule has 62 heavy (non-hydrogen) atoms. The molecule has 9 aromatic carbocycles. The highest BCUT2D eigenvalue weighted by atomic mass is 16.3. The van der Waals surface area contributed by atoms with Gasteiger partial charge in [0.25, 0.3) is 0 Å². The van der Waals surface area contributed by atoms with Crippen molar-refractivity contribution in [2.45, 2.75) is 0 Å². The van der Waals surface area contributed by atoms with E-state index in [-0.39, 0.29) is 0 Å². The zero-order valence-electron chi connectivity index (χ0n) is 32.8. The fourth-order valence-corrected chi connectivity index (χ4v) is 9.58. The van der Waals surface area contributed by atoms with E-state index in [1.54, 1.807) is 0 Å². The Morgan fingerprint density at radius 3 is 1.52 bits per heavy atom. The van der Waals surface area contributed by atoms with Crippen molar-refractivity contribution < 1.29 is 13.3 Å². The third-order valence-electron chi connectivity index (χ3n) is 12.4. The summed E-state index contributed by atoms with van der Waals surface area (Å²) in [4.78, 5) is 15.8. The van der Waals surface area contributed by atoms with E-state index >= 15 is 0 Å². The van der Waals surface area contributed by atoms with Crippen LogP contribution in [0.5, 0.6) is 0 Å². The lowest BCUT2D eigenvalue weighted by molar-refractivity contribution is 0.666. The highest BCUT2D eigenvalue weighted by Crippen LogP contribution is 2.43. The van der Waals surface area contributed by atoms with Crippen LogP contribution in [-0.4, -0.2) is 19.5 Å². The molecular formula is C55H30N4O3. The van der Waals surface area contributed by atoms with Crippen molar-refractivity contribution in [2.75, 3.05) is 0 Å². The van der Waals surface area contributed by atoms with Crippen LogP contribution in [0.15, 0.2) is 195 Å². The van der Waals surface area contributed by atoms with Gasteiger partial charge in [0.05, 0.1) is 16.7 Å². The van der Waals surface area contributed by atoms with Gasteiger partial charge in [-0.2, -0.15) is 0 Å². The summed E-state index contributed by atoms with van der Waals surface area (Å²) in [5.74, 6) is 1.64. The molecule has 0 amide bonds. The summed E-state index contributed by atoms with van der Waals surface area (Å²) in [7, 11) is 0. The minimum Gasteiger partial charge on any atom is -0.456 e. The first-order valence-corrected chi connectivity index (χ1v) is 20.7. The lowest BCUT2D eigenvalue weighted by Gasteiger charge is -2.13. The molecule has 0 saturated carbocycles. The number of hydrogen-bond donors (Lipinski definition) is 0. The Hall–Kier alpha value is -8.55. The third-order valence-corrected chi connectivity index (χ3v) is 12.4. The van der Waals surface area contributed by atoms with E-state index in [1.165, 1.54) is 21.5 Å². The number of aromatic nitrogens is 4. The van der Waals surface area contributed by atoms with E-state index in [0.29, 0.717) is 17.5 Å². The molecule has 14 aromatic rings. The summed E-state index contributed by atoms with van der Waals surface area (Å²) >= 11 is 0. The summed E-state index contributed by atoms with van der Waals surface area (Å²) in [5.41, 5.74) is 10.5. The van der Waals surface area contributed by atoms with Gasteiger partial charge in [0.15, 0.2) is 23.1 Å². The molecule has 0 atom stereocenters. The van der Waals surface area contributed by atoms with Crippen LogP contribution < -0.4 is 0 Å². The van der Waals surface area contributed by atoms with Crippen LogP contribution in [0.2, 0.25) is 0 Å². The van der Waals surface area contributed by atoms with Crippen molar-refractivity contribution in [1.29, 1.82) is 0 Å². The molecule has 0 saturated heterocycles. The molecule has 0 radical (unpaired) electrons. The average Bonchev–Trinajstić information content (AvgIpc) is 4.09. The van der Waals surface area contributed by atoms with Crippen molar-refractivity contribution in [3.8, 4) is 39.9 Å². The first-order chi connectivity index (χ1) is 30.7.